The van der Waals surface area contributed by atoms with E-state index >= 15 is 0 Å². The summed E-state index contributed by atoms with van der Waals surface area (Å²) >= 11 is 0. The fourth-order valence-electron chi connectivity index (χ4n) is 2.36. The molecule has 21 heavy (non-hydrogen) atoms. The number of nitrogens with zero attached hydrogens (tertiary/aromatic N) is 2. The van der Waals surface area contributed by atoms with Gasteiger partial charge in [-0.25, -0.2) is 4.98 Å². The first-order valence-electron chi connectivity index (χ1n) is 6.92. The minimum atomic E-state index is -0.0506. The minimum absolute atomic E-state index is 0.0506. The molecular formula is C17H17N3O. The number of benzene rings is 1. The number of anilines is 1. The van der Waals surface area contributed by atoms with Crippen LogP contribution in [0.4, 0.5) is 5.69 Å². The first-order valence-corrected chi connectivity index (χ1v) is 6.92. The third-order valence-corrected chi connectivity index (χ3v) is 3.49. The third-order valence-electron chi connectivity index (χ3n) is 3.49. The van der Waals surface area contributed by atoms with Crippen LogP contribution in [0.2, 0.25) is 0 Å². The van der Waals surface area contributed by atoms with Crippen molar-refractivity contribution in [2.24, 2.45) is 0 Å². The van der Waals surface area contributed by atoms with Crippen molar-refractivity contribution in [3.63, 3.8) is 0 Å². The summed E-state index contributed by atoms with van der Waals surface area (Å²) in [5.74, 6) is -0.0506. The van der Waals surface area contributed by atoms with Crippen molar-refractivity contribution in [1.82, 2.24) is 9.38 Å². The van der Waals surface area contributed by atoms with Crippen molar-refractivity contribution < 1.29 is 4.79 Å². The van der Waals surface area contributed by atoms with Crippen molar-refractivity contribution in [2.75, 3.05) is 5.32 Å². The Labute approximate surface area is 123 Å². The standard InChI is InChI=1S/C17H17N3O/c1-12-6-3-4-8-15(12)19-16(21)10-14-11-20-9-5-7-13(2)17(20)18-14/h3-9,11H,10H2,1-2H3,(H,19,21). The van der Waals surface area contributed by atoms with E-state index in [1.807, 2.05) is 67.0 Å². The molecule has 0 atom stereocenters. The molecule has 3 rings (SSSR count). The molecule has 2 aromatic heterocycles. The molecule has 2 heterocycles. The molecule has 3 aromatic rings. The molecule has 0 saturated carbocycles. The maximum Gasteiger partial charge on any atom is 0.230 e. The lowest BCUT2D eigenvalue weighted by Gasteiger charge is -2.06. The van der Waals surface area contributed by atoms with Gasteiger partial charge in [0.2, 0.25) is 5.91 Å². The highest BCUT2D eigenvalue weighted by Crippen LogP contribution is 2.14. The van der Waals surface area contributed by atoms with Crippen LogP contribution < -0.4 is 5.32 Å². The maximum atomic E-state index is 12.1. The SMILES string of the molecule is Cc1ccccc1NC(=O)Cc1cn2cccc(C)c2n1. The highest BCUT2D eigenvalue weighted by molar-refractivity contribution is 5.92. The second-order valence-corrected chi connectivity index (χ2v) is 5.19. The van der Waals surface area contributed by atoms with Crippen LogP contribution in [-0.4, -0.2) is 15.3 Å². The summed E-state index contributed by atoms with van der Waals surface area (Å²) in [6, 6.07) is 11.7. The number of rotatable bonds is 3. The first-order chi connectivity index (χ1) is 10.1. The predicted molar refractivity (Wildman–Crippen MR) is 83.4 cm³/mol. The van der Waals surface area contributed by atoms with Crippen LogP contribution in [0.1, 0.15) is 16.8 Å². The van der Waals surface area contributed by atoms with Crippen molar-refractivity contribution in [1.29, 1.82) is 0 Å². The zero-order chi connectivity index (χ0) is 14.8. The molecule has 0 bridgehead atoms. The summed E-state index contributed by atoms with van der Waals surface area (Å²) in [7, 11) is 0. The lowest BCUT2D eigenvalue weighted by atomic mass is 10.2. The summed E-state index contributed by atoms with van der Waals surface area (Å²) in [5.41, 5.74) is 4.67. The average Bonchev–Trinajstić information content (AvgIpc) is 2.85. The van der Waals surface area contributed by atoms with Crippen molar-refractivity contribution in [3.8, 4) is 0 Å². The molecular weight excluding hydrogens is 262 g/mol. The number of hydrogen-bond acceptors (Lipinski definition) is 2. The molecule has 0 spiro atoms. The number of nitrogens with one attached hydrogen (secondary N) is 1. The highest BCUT2D eigenvalue weighted by atomic mass is 16.1. The molecule has 0 unspecified atom stereocenters. The van der Waals surface area contributed by atoms with Gasteiger partial charge in [0.25, 0.3) is 0 Å². The van der Waals surface area contributed by atoms with E-state index in [-0.39, 0.29) is 12.3 Å². The van der Waals surface area contributed by atoms with E-state index < -0.39 is 0 Å². The van der Waals surface area contributed by atoms with E-state index in [0.717, 1.165) is 28.2 Å². The molecule has 0 saturated heterocycles. The quantitative estimate of drug-likeness (QED) is 0.800. The largest absolute Gasteiger partial charge is 0.326 e. The number of carbonyl (C=O) groups is 1. The number of para-hydroxylation sites is 1. The van der Waals surface area contributed by atoms with Gasteiger partial charge in [-0.1, -0.05) is 24.3 Å². The van der Waals surface area contributed by atoms with E-state index in [1.165, 1.54) is 0 Å². The number of fused-ring (bicyclic) bond motifs is 1. The molecule has 0 aliphatic rings. The Morgan fingerprint density at radius 1 is 1.14 bits per heavy atom. The van der Waals surface area contributed by atoms with Crippen LogP contribution >= 0.6 is 0 Å². The second-order valence-electron chi connectivity index (χ2n) is 5.19. The zero-order valence-corrected chi connectivity index (χ0v) is 12.1. The fraction of sp³-hybridized carbons (Fsp3) is 0.176. The Bertz CT molecular complexity index is 805. The molecule has 1 aromatic carbocycles. The van der Waals surface area contributed by atoms with Gasteiger partial charge in [0, 0.05) is 18.1 Å². The molecule has 0 aliphatic heterocycles. The Hall–Kier alpha value is -2.62. The fourth-order valence-corrected chi connectivity index (χ4v) is 2.36. The predicted octanol–water partition coefficient (Wildman–Crippen LogP) is 3.13. The van der Waals surface area contributed by atoms with Crippen LogP contribution in [0.15, 0.2) is 48.8 Å². The summed E-state index contributed by atoms with van der Waals surface area (Å²) in [4.78, 5) is 16.7. The van der Waals surface area contributed by atoms with Crippen LogP contribution in [0.3, 0.4) is 0 Å². The molecule has 4 heteroatoms. The van der Waals surface area contributed by atoms with E-state index in [9.17, 15) is 4.79 Å². The molecule has 0 aliphatic carbocycles. The average molecular weight is 279 g/mol. The second kappa shape index (κ2) is 5.40. The molecule has 0 radical (unpaired) electrons. The van der Waals surface area contributed by atoms with Crippen LogP contribution in [0.25, 0.3) is 5.65 Å². The van der Waals surface area contributed by atoms with Crippen LogP contribution in [0.5, 0.6) is 0 Å². The monoisotopic (exact) mass is 279 g/mol. The summed E-state index contributed by atoms with van der Waals surface area (Å²) in [6.07, 6.45) is 4.12. The lowest BCUT2D eigenvalue weighted by molar-refractivity contribution is -0.115. The van der Waals surface area contributed by atoms with E-state index in [1.54, 1.807) is 0 Å². The Morgan fingerprint density at radius 3 is 2.67 bits per heavy atom. The van der Waals surface area contributed by atoms with E-state index in [2.05, 4.69) is 10.3 Å². The van der Waals surface area contributed by atoms with Gasteiger partial charge in [0.15, 0.2) is 0 Å². The van der Waals surface area contributed by atoms with Gasteiger partial charge in [-0.15, -0.1) is 0 Å². The zero-order valence-electron chi connectivity index (χ0n) is 12.1. The van der Waals surface area contributed by atoms with Gasteiger partial charge in [0.05, 0.1) is 12.1 Å². The molecule has 1 N–H and O–H groups in total. The number of imidazole rings is 1. The number of carbonyl (C=O) groups excluding carboxylic acids is 1. The van der Waals surface area contributed by atoms with Gasteiger partial charge in [0.1, 0.15) is 5.65 Å². The Morgan fingerprint density at radius 2 is 1.90 bits per heavy atom. The van der Waals surface area contributed by atoms with Gasteiger partial charge < -0.3 is 9.72 Å². The first kappa shape index (κ1) is 13.4. The number of aromatic nitrogens is 2. The lowest BCUT2D eigenvalue weighted by Crippen LogP contribution is -2.15. The normalized spacial score (nSPS) is 10.8. The number of pyridine rings is 1. The number of hydrogen-bond donors (Lipinski definition) is 1. The van der Waals surface area contributed by atoms with Crippen molar-refractivity contribution in [3.05, 3.63) is 65.6 Å². The minimum Gasteiger partial charge on any atom is -0.326 e. The summed E-state index contributed by atoms with van der Waals surface area (Å²) in [6.45, 7) is 3.99. The molecule has 0 fully saturated rings. The van der Waals surface area contributed by atoms with E-state index in [4.69, 9.17) is 0 Å². The van der Waals surface area contributed by atoms with E-state index in [0.29, 0.717) is 0 Å². The Balaban J connectivity index is 1.77. The van der Waals surface area contributed by atoms with Gasteiger partial charge in [-0.05, 0) is 37.1 Å². The van der Waals surface area contributed by atoms with Crippen molar-refractivity contribution in [2.45, 2.75) is 20.3 Å². The van der Waals surface area contributed by atoms with Crippen molar-refractivity contribution >= 4 is 17.2 Å². The Kier molecular flexibility index (Phi) is 3.44. The molecule has 4 nitrogen and oxygen atoms in total. The smallest absolute Gasteiger partial charge is 0.230 e. The topological polar surface area (TPSA) is 46.4 Å². The van der Waals surface area contributed by atoms with Crippen LogP contribution in [0, 0.1) is 13.8 Å². The number of aryl methyl sites for hydroxylation is 2. The van der Waals surface area contributed by atoms with Gasteiger partial charge >= 0.3 is 0 Å². The highest BCUT2D eigenvalue weighted by Gasteiger charge is 2.09. The van der Waals surface area contributed by atoms with Gasteiger partial charge in [-0.3, -0.25) is 4.79 Å². The number of amides is 1. The molecule has 106 valence electrons. The van der Waals surface area contributed by atoms with Gasteiger partial charge in [-0.2, -0.15) is 0 Å². The summed E-state index contributed by atoms with van der Waals surface area (Å²) < 4.78 is 1.95. The summed E-state index contributed by atoms with van der Waals surface area (Å²) in [5, 5.41) is 2.93. The van der Waals surface area contributed by atoms with Crippen LogP contribution in [-0.2, 0) is 11.2 Å². The molecule has 1 amide bonds. The third kappa shape index (κ3) is 2.79. The maximum absolute atomic E-state index is 12.1.